The van der Waals surface area contributed by atoms with Crippen LogP contribution in [-0.2, 0) is 14.8 Å². The number of carbonyl (C=O) groups excluding carboxylic acids is 1. The second-order valence-corrected chi connectivity index (χ2v) is 6.13. The van der Waals surface area contributed by atoms with E-state index in [9.17, 15) is 13.2 Å². The maximum absolute atomic E-state index is 11.4. The first-order valence-electron chi connectivity index (χ1n) is 3.63. The molecule has 0 fully saturated rings. The Labute approximate surface area is 94.9 Å². The van der Waals surface area contributed by atoms with E-state index in [0.717, 1.165) is 11.3 Å². The Morgan fingerprint density at radius 2 is 2.20 bits per heavy atom. The van der Waals surface area contributed by atoms with Gasteiger partial charge >= 0.3 is 0 Å². The monoisotopic (exact) mass is 270 g/mol. The van der Waals surface area contributed by atoms with E-state index in [4.69, 9.17) is 16.8 Å². The number of hydrogen-bond acceptors (Lipinski definition) is 5. The molecule has 0 spiro atoms. The van der Waals surface area contributed by atoms with E-state index in [0.29, 0.717) is 4.34 Å². The fourth-order valence-corrected chi connectivity index (χ4v) is 3.22. The summed E-state index contributed by atoms with van der Waals surface area (Å²) in [6.07, 6.45) is 0. The quantitative estimate of drug-likeness (QED) is 0.537. The topological polar surface area (TPSA) is 95.5 Å². The van der Waals surface area contributed by atoms with E-state index in [-0.39, 0.29) is 4.21 Å². The number of nitrogens with one attached hydrogen (secondary N) is 2. The Morgan fingerprint density at radius 3 is 2.67 bits per heavy atom. The molecule has 9 heteroatoms. The maximum Gasteiger partial charge on any atom is 0.258 e. The van der Waals surface area contributed by atoms with Crippen LogP contribution in [0.1, 0.15) is 0 Å². The summed E-state index contributed by atoms with van der Waals surface area (Å²) in [5.74, 6) is -0.846. The van der Waals surface area contributed by atoms with Gasteiger partial charge in [-0.15, -0.1) is 11.3 Å². The molecule has 1 aromatic heterocycles. The summed E-state index contributed by atoms with van der Waals surface area (Å²) in [7, 11) is -3.73. The summed E-state index contributed by atoms with van der Waals surface area (Å²) in [5.41, 5.74) is 1.31. The van der Waals surface area contributed by atoms with Crippen molar-refractivity contribution in [3.05, 3.63) is 16.5 Å². The molecule has 0 bridgehead atoms. The molecule has 0 saturated heterocycles. The molecule has 0 aliphatic rings. The minimum atomic E-state index is -3.73. The maximum atomic E-state index is 11.4. The molecule has 1 heterocycles. The Bertz CT molecular complexity index is 455. The van der Waals surface area contributed by atoms with Gasteiger partial charge in [0.2, 0.25) is 0 Å². The van der Waals surface area contributed by atoms with Crippen LogP contribution in [0, 0.1) is 0 Å². The van der Waals surface area contributed by atoms with Crippen molar-refractivity contribution in [1.82, 2.24) is 10.2 Å². The number of rotatable bonds is 4. The number of hydroxylamine groups is 1. The van der Waals surface area contributed by atoms with Crippen molar-refractivity contribution in [2.24, 2.45) is 0 Å². The first-order chi connectivity index (χ1) is 6.95. The van der Waals surface area contributed by atoms with E-state index in [1.165, 1.54) is 17.6 Å². The highest BCUT2D eigenvalue weighted by molar-refractivity contribution is 7.91. The highest BCUT2D eigenvalue weighted by Crippen LogP contribution is 2.24. The third kappa shape index (κ3) is 3.43. The van der Waals surface area contributed by atoms with Crippen LogP contribution in [-0.4, -0.2) is 26.1 Å². The van der Waals surface area contributed by atoms with Gasteiger partial charge in [-0.2, -0.15) is 0 Å². The molecule has 1 aromatic rings. The van der Waals surface area contributed by atoms with Crippen molar-refractivity contribution in [1.29, 1.82) is 0 Å². The molecule has 0 unspecified atom stereocenters. The molecule has 0 aliphatic carbocycles. The Kier molecular flexibility index (Phi) is 4.05. The molecule has 3 N–H and O–H groups in total. The van der Waals surface area contributed by atoms with Crippen LogP contribution < -0.4 is 10.2 Å². The second kappa shape index (κ2) is 4.90. The largest absolute Gasteiger partial charge is 0.289 e. The fraction of sp³-hybridized carbons (Fsp3) is 0.167. The zero-order chi connectivity index (χ0) is 11.5. The predicted octanol–water partition coefficient (Wildman–Crippen LogP) is 0.185. The number of halogens is 1. The molecule has 0 atom stereocenters. The van der Waals surface area contributed by atoms with E-state index >= 15 is 0 Å². The molecule has 0 radical (unpaired) electrons. The average molecular weight is 271 g/mol. The Morgan fingerprint density at radius 1 is 1.53 bits per heavy atom. The zero-order valence-electron chi connectivity index (χ0n) is 7.23. The van der Waals surface area contributed by atoms with E-state index in [2.05, 4.69) is 0 Å². The molecular weight excluding hydrogens is 264 g/mol. The van der Waals surface area contributed by atoms with Gasteiger partial charge in [0, 0.05) is 0 Å². The van der Waals surface area contributed by atoms with Crippen molar-refractivity contribution in [3.8, 4) is 0 Å². The van der Waals surface area contributed by atoms with Crippen molar-refractivity contribution >= 4 is 38.9 Å². The molecule has 0 aliphatic heterocycles. The Hall–Kier alpha value is -0.670. The molecule has 0 aromatic carbocycles. The summed E-state index contributed by atoms with van der Waals surface area (Å²) < 4.78 is 25.2. The van der Waals surface area contributed by atoms with Crippen LogP contribution >= 0.6 is 22.9 Å². The van der Waals surface area contributed by atoms with Gasteiger partial charge in [0.05, 0.1) is 10.9 Å². The van der Waals surface area contributed by atoms with Gasteiger partial charge in [-0.05, 0) is 12.1 Å². The molecule has 6 nitrogen and oxygen atoms in total. The van der Waals surface area contributed by atoms with Crippen LogP contribution in [0.4, 0.5) is 0 Å². The lowest BCUT2D eigenvalue weighted by Gasteiger charge is -2.02. The lowest BCUT2D eigenvalue weighted by Crippen LogP contribution is -2.35. The summed E-state index contributed by atoms with van der Waals surface area (Å²) >= 11 is 6.44. The van der Waals surface area contributed by atoms with Crippen LogP contribution in [0.25, 0.3) is 0 Å². The normalized spacial score (nSPS) is 11.3. The van der Waals surface area contributed by atoms with Crippen LogP contribution in [0.15, 0.2) is 16.3 Å². The minimum absolute atomic E-state index is 0.0123. The van der Waals surface area contributed by atoms with E-state index in [1.54, 1.807) is 0 Å². The van der Waals surface area contributed by atoms with Gasteiger partial charge < -0.3 is 0 Å². The van der Waals surface area contributed by atoms with Crippen LogP contribution in [0.3, 0.4) is 0 Å². The Balaban J connectivity index is 2.72. The summed E-state index contributed by atoms with van der Waals surface area (Å²) in [6.45, 7) is -0.533. The van der Waals surface area contributed by atoms with Crippen LogP contribution in [0.5, 0.6) is 0 Å². The number of amides is 1. The van der Waals surface area contributed by atoms with Crippen molar-refractivity contribution in [3.63, 3.8) is 0 Å². The van der Waals surface area contributed by atoms with Crippen molar-refractivity contribution < 1.29 is 18.4 Å². The van der Waals surface area contributed by atoms with Gasteiger partial charge in [0.1, 0.15) is 4.21 Å². The lowest BCUT2D eigenvalue weighted by molar-refractivity contribution is -0.127. The number of thiophene rings is 1. The average Bonchev–Trinajstić information content (AvgIpc) is 2.62. The van der Waals surface area contributed by atoms with E-state index in [1.807, 2.05) is 4.72 Å². The summed E-state index contributed by atoms with van der Waals surface area (Å²) in [4.78, 5) is 10.6. The lowest BCUT2D eigenvalue weighted by atomic mass is 10.7. The first-order valence-corrected chi connectivity index (χ1v) is 6.31. The second-order valence-electron chi connectivity index (χ2n) is 2.42. The molecule has 1 amide bonds. The van der Waals surface area contributed by atoms with E-state index < -0.39 is 22.5 Å². The van der Waals surface area contributed by atoms with Gasteiger partial charge in [-0.25, -0.2) is 18.6 Å². The smallest absolute Gasteiger partial charge is 0.258 e. The fourth-order valence-electron chi connectivity index (χ4n) is 0.713. The first kappa shape index (κ1) is 12.4. The standard InChI is InChI=1S/C6H7ClN2O4S2/c7-4-1-2-6(14-4)15(12,13)8-3-5(10)9-11/h1-2,8,11H,3H2,(H,9,10). The SMILES string of the molecule is O=C(CNS(=O)(=O)c1ccc(Cl)s1)NO. The summed E-state index contributed by atoms with van der Waals surface area (Å²) in [5, 5.41) is 8.15. The van der Waals surface area contributed by atoms with Crippen molar-refractivity contribution in [2.75, 3.05) is 6.54 Å². The predicted molar refractivity (Wildman–Crippen MR) is 54.4 cm³/mol. The zero-order valence-corrected chi connectivity index (χ0v) is 9.62. The molecular formula is C6H7ClN2O4S2. The molecule has 15 heavy (non-hydrogen) atoms. The molecule has 1 rings (SSSR count). The van der Waals surface area contributed by atoms with Gasteiger partial charge in [-0.1, -0.05) is 11.6 Å². The third-order valence-corrected chi connectivity index (χ3v) is 4.49. The number of hydrogen-bond donors (Lipinski definition) is 3. The van der Waals surface area contributed by atoms with Gasteiger partial charge in [-0.3, -0.25) is 10.0 Å². The number of carbonyl (C=O) groups is 1. The highest BCUT2D eigenvalue weighted by atomic mass is 35.5. The molecule has 84 valence electrons. The highest BCUT2D eigenvalue weighted by Gasteiger charge is 2.17. The van der Waals surface area contributed by atoms with Crippen molar-refractivity contribution in [2.45, 2.75) is 4.21 Å². The van der Waals surface area contributed by atoms with Gasteiger partial charge in [0.25, 0.3) is 15.9 Å². The van der Waals surface area contributed by atoms with Gasteiger partial charge in [0.15, 0.2) is 0 Å². The minimum Gasteiger partial charge on any atom is -0.289 e. The molecule has 0 saturated carbocycles. The summed E-state index contributed by atoms with van der Waals surface area (Å²) in [6, 6.07) is 2.76. The number of sulfonamides is 1. The third-order valence-electron chi connectivity index (χ3n) is 1.36. The van der Waals surface area contributed by atoms with Crippen LogP contribution in [0.2, 0.25) is 4.34 Å².